The zero-order chi connectivity index (χ0) is 17.3. The minimum absolute atomic E-state index is 0. The molecule has 140 valence electrons. The lowest BCUT2D eigenvalue weighted by molar-refractivity contribution is -0.140. The quantitative estimate of drug-likeness (QED) is 0.804. The fourth-order valence-corrected chi connectivity index (χ4v) is 3.00. The Balaban J connectivity index is 0.00000225. The van der Waals surface area contributed by atoms with Crippen molar-refractivity contribution in [2.75, 3.05) is 19.6 Å². The first kappa shape index (κ1) is 20.0. The fourth-order valence-electron chi connectivity index (χ4n) is 3.00. The van der Waals surface area contributed by atoms with Gasteiger partial charge >= 0.3 is 6.18 Å². The predicted molar refractivity (Wildman–Crippen MR) is 88.3 cm³/mol. The summed E-state index contributed by atoms with van der Waals surface area (Å²) in [7, 11) is 0. The molecule has 0 aromatic heterocycles. The topological polar surface area (TPSA) is 32.3 Å². The molecule has 1 N–H and O–H groups in total. The summed E-state index contributed by atoms with van der Waals surface area (Å²) in [5, 5.41) is 3.48. The Morgan fingerprint density at radius 1 is 1.16 bits per heavy atom. The molecule has 25 heavy (non-hydrogen) atoms. The fraction of sp³-hybridized carbons (Fsp3) is 0.588. The number of rotatable bonds is 4. The van der Waals surface area contributed by atoms with E-state index in [0.717, 1.165) is 31.4 Å². The summed E-state index contributed by atoms with van der Waals surface area (Å²) in [4.78, 5) is 13.9. The van der Waals surface area contributed by atoms with Crippen molar-refractivity contribution in [1.29, 1.82) is 0 Å². The maximum atomic E-state index is 13.3. The Bertz CT molecular complexity index is 611. The van der Waals surface area contributed by atoms with Crippen LogP contribution in [0, 0.1) is 11.7 Å². The largest absolute Gasteiger partial charge is 0.419 e. The first-order chi connectivity index (χ1) is 11.3. The molecule has 1 saturated heterocycles. The van der Waals surface area contributed by atoms with Gasteiger partial charge in [0, 0.05) is 24.7 Å². The number of hydrogen-bond donors (Lipinski definition) is 1. The summed E-state index contributed by atoms with van der Waals surface area (Å²) in [6.45, 7) is 2.01. The number of nitrogens with zero attached hydrogens (tertiary/aromatic N) is 1. The molecule has 1 aliphatic heterocycles. The minimum Gasteiger partial charge on any atom is -0.339 e. The minimum atomic E-state index is -4.81. The van der Waals surface area contributed by atoms with Crippen LogP contribution in [0.4, 0.5) is 17.6 Å². The molecule has 1 aromatic rings. The number of nitrogens with one attached hydrogen (secondary N) is 1. The first-order valence-electron chi connectivity index (χ1n) is 8.24. The smallest absolute Gasteiger partial charge is 0.339 e. The average Bonchev–Trinajstić information content (AvgIpc) is 3.36. The van der Waals surface area contributed by atoms with E-state index in [2.05, 4.69) is 5.32 Å². The highest BCUT2D eigenvalue weighted by Gasteiger charge is 2.35. The molecule has 2 fully saturated rings. The number of carbonyl (C=O) groups is 1. The van der Waals surface area contributed by atoms with Crippen molar-refractivity contribution in [3.8, 4) is 0 Å². The highest BCUT2D eigenvalue weighted by molar-refractivity contribution is 5.94. The number of halogens is 5. The first-order valence-corrected chi connectivity index (χ1v) is 8.24. The van der Waals surface area contributed by atoms with Crippen LogP contribution in [0.3, 0.4) is 0 Å². The van der Waals surface area contributed by atoms with Crippen LogP contribution in [0.2, 0.25) is 0 Å². The van der Waals surface area contributed by atoms with Crippen LogP contribution >= 0.6 is 12.4 Å². The predicted octanol–water partition coefficient (Wildman–Crippen LogP) is 3.87. The third-order valence-corrected chi connectivity index (χ3v) is 4.69. The molecular formula is C17H21ClF4N2O. The van der Waals surface area contributed by atoms with Crippen LogP contribution in [-0.4, -0.2) is 36.5 Å². The maximum Gasteiger partial charge on any atom is 0.419 e. The maximum absolute atomic E-state index is 13.3. The molecule has 2 aliphatic rings. The molecular weight excluding hydrogens is 360 g/mol. The zero-order valence-corrected chi connectivity index (χ0v) is 14.4. The number of likely N-dealkylation sites (tertiary alicyclic amines) is 1. The van der Waals surface area contributed by atoms with E-state index < -0.39 is 23.5 Å². The number of piperidine rings is 1. The lowest BCUT2D eigenvalue weighted by Crippen LogP contribution is -2.45. The van der Waals surface area contributed by atoms with Crippen molar-refractivity contribution < 1.29 is 22.4 Å². The molecule has 3 nitrogen and oxygen atoms in total. The second-order valence-corrected chi connectivity index (χ2v) is 6.61. The highest BCUT2D eigenvalue weighted by atomic mass is 35.5. The number of carbonyl (C=O) groups excluding carboxylic acids is 1. The second-order valence-electron chi connectivity index (χ2n) is 6.61. The van der Waals surface area contributed by atoms with Crippen molar-refractivity contribution in [3.05, 3.63) is 35.1 Å². The third-order valence-electron chi connectivity index (χ3n) is 4.69. The van der Waals surface area contributed by atoms with Gasteiger partial charge < -0.3 is 10.2 Å². The third kappa shape index (κ3) is 5.07. The van der Waals surface area contributed by atoms with E-state index in [1.807, 2.05) is 0 Å². The van der Waals surface area contributed by atoms with Crippen LogP contribution in [0.25, 0.3) is 0 Å². The normalized spacial score (nSPS) is 18.8. The van der Waals surface area contributed by atoms with Crippen molar-refractivity contribution in [3.63, 3.8) is 0 Å². The summed E-state index contributed by atoms with van der Waals surface area (Å²) in [6.07, 6.45) is -0.690. The van der Waals surface area contributed by atoms with Crippen LogP contribution < -0.4 is 5.32 Å². The summed E-state index contributed by atoms with van der Waals surface area (Å²) >= 11 is 0. The van der Waals surface area contributed by atoms with Gasteiger partial charge in [0.2, 0.25) is 0 Å². The van der Waals surface area contributed by atoms with Crippen molar-refractivity contribution in [2.45, 2.75) is 37.9 Å². The Labute approximate surface area is 150 Å². The van der Waals surface area contributed by atoms with E-state index in [1.54, 1.807) is 4.90 Å². The molecule has 0 atom stereocenters. The van der Waals surface area contributed by atoms with Gasteiger partial charge in [0.1, 0.15) is 5.82 Å². The molecule has 8 heteroatoms. The van der Waals surface area contributed by atoms with Crippen LogP contribution in [0.15, 0.2) is 18.2 Å². The van der Waals surface area contributed by atoms with E-state index in [1.165, 1.54) is 12.8 Å². The molecule has 0 unspecified atom stereocenters. The van der Waals surface area contributed by atoms with E-state index >= 15 is 0 Å². The molecule has 1 saturated carbocycles. The van der Waals surface area contributed by atoms with Crippen LogP contribution in [0.5, 0.6) is 0 Å². The summed E-state index contributed by atoms with van der Waals surface area (Å²) < 4.78 is 51.6. The van der Waals surface area contributed by atoms with Crippen LogP contribution in [-0.2, 0) is 6.18 Å². The summed E-state index contributed by atoms with van der Waals surface area (Å²) in [5.74, 6) is -1.05. The molecule has 0 bridgehead atoms. The molecule has 1 aromatic carbocycles. The molecule has 3 rings (SSSR count). The van der Waals surface area contributed by atoms with Gasteiger partial charge in [-0.05, 0) is 56.3 Å². The van der Waals surface area contributed by atoms with Gasteiger partial charge in [0.05, 0.1) is 5.56 Å². The lowest BCUT2D eigenvalue weighted by atomic mass is 10.0. The Morgan fingerprint density at radius 2 is 1.80 bits per heavy atom. The molecule has 1 aliphatic carbocycles. The van der Waals surface area contributed by atoms with Gasteiger partial charge in [0.25, 0.3) is 5.91 Å². The van der Waals surface area contributed by atoms with E-state index in [4.69, 9.17) is 0 Å². The average molecular weight is 381 g/mol. The molecule has 1 heterocycles. The number of benzene rings is 1. The van der Waals surface area contributed by atoms with Gasteiger partial charge in [-0.25, -0.2) is 4.39 Å². The Hall–Kier alpha value is -1.34. The molecule has 0 spiro atoms. The Morgan fingerprint density at radius 3 is 2.36 bits per heavy atom. The van der Waals surface area contributed by atoms with E-state index in [9.17, 15) is 22.4 Å². The van der Waals surface area contributed by atoms with Gasteiger partial charge in [-0.15, -0.1) is 12.4 Å². The van der Waals surface area contributed by atoms with Gasteiger partial charge in [0.15, 0.2) is 0 Å². The zero-order valence-electron chi connectivity index (χ0n) is 13.6. The highest BCUT2D eigenvalue weighted by Crippen LogP contribution is 2.32. The second kappa shape index (κ2) is 7.91. The van der Waals surface area contributed by atoms with Gasteiger partial charge in [-0.3, -0.25) is 4.79 Å². The standard InChI is InChI=1S/C17H20F4N2O.ClH/c18-15-4-3-12(9-14(15)17(19,20)21)16(24)23-7-5-13(6-8-23)22-10-11-1-2-11;/h3-4,9,11,13,22H,1-2,5-8,10H2;1H. The summed E-state index contributed by atoms with van der Waals surface area (Å²) in [6, 6.07) is 2.79. The van der Waals surface area contributed by atoms with Crippen LogP contribution in [0.1, 0.15) is 41.6 Å². The van der Waals surface area contributed by atoms with Crippen molar-refractivity contribution >= 4 is 18.3 Å². The Kier molecular flexibility index (Phi) is 6.32. The lowest BCUT2D eigenvalue weighted by Gasteiger charge is -2.32. The number of amides is 1. The van der Waals surface area contributed by atoms with Gasteiger partial charge in [-0.1, -0.05) is 0 Å². The number of alkyl halides is 3. The van der Waals surface area contributed by atoms with E-state index in [-0.39, 0.29) is 18.0 Å². The molecule has 1 amide bonds. The molecule has 0 radical (unpaired) electrons. The van der Waals surface area contributed by atoms with Gasteiger partial charge in [-0.2, -0.15) is 13.2 Å². The van der Waals surface area contributed by atoms with Crippen molar-refractivity contribution in [1.82, 2.24) is 10.2 Å². The number of hydrogen-bond acceptors (Lipinski definition) is 2. The monoisotopic (exact) mass is 380 g/mol. The SMILES string of the molecule is Cl.O=C(c1ccc(F)c(C(F)(F)F)c1)N1CCC(NCC2CC2)CC1. The summed E-state index contributed by atoms with van der Waals surface area (Å²) in [5.41, 5.74) is -1.51. The van der Waals surface area contributed by atoms with E-state index in [0.29, 0.717) is 31.3 Å². The van der Waals surface area contributed by atoms with Crippen molar-refractivity contribution in [2.24, 2.45) is 5.92 Å².